The molecule has 1 aromatic carbocycles. The molecule has 0 aromatic heterocycles. The Kier molecular flexibility index (Phi) is 6.68. The molecule has 0 aliphatic rings. The van der Waals surface area contributed by atoms with Crippen molar-refractivity contribution in [1.29, 1.82) is 0 Å². The first-order chi connectivity index (χ1) is 8.60. The first-order valence-corrected chi connectivity index (χ1v) is 7.12. The highest BCUT2D eigenvalue weighted by atomic mass is 79.9. The average molecular weight is 335 g/mol. The first kappa shape index (κ1) is 15.5. The molecular weight excluding hydrogens is 318 g/mol. The number of aliphatic hydroxyl groups is 1. The van der Waals surface area contributed by atoms with Crippen LogP contribution in [0.3, 0.4) is 0 Å². The highest BCUT2D eigenvalue weighted by Gasteiger charge is 2.17. The summed E-state index contributed by atoms with van der Waals surface area (Å²) in [6.07, 6.45) is 1.92. The van der Waals surface area contributed by atoms with Gasteiger partial charge in [0.1, 0.15) is 0 Å². The molecule has 1 aromatic rings. The standard InChI is InChI=1S/C13H17BrClNO2/c1-2-3-6-16(7-8-17)13(18)11-5-4-10(14)9-12(11)15/h4-5,9,17H,2-3,6-8H2,1H3. The van der Waals surface area contributed by atoms with Crippen molar-refractivity contribution in [2.45, 2.75) is 19.8 Å². The van der Waals surface area contributed by atoms with Crippen LogP contribution < -0.4 is 0 Å². The Balaban J connectivity index is 2.87. The number of rotatable bonds is 6. The predicted octanol–water partition coefficient (Wildman–Crippen LogP) is 3.34. The smallest absolute Gasteiger partial charge is 0.255 e. The van der Waals surface area contributed by atoms with Crippen molar-refractivity contribution in [2.75, 3.05) is 19.7 Å². The zero-order chi connectivity index (χ0) is 13.5. The molecule has 0 atom stereocenters. The van der Waals surface area contributed by atoms with Gasteiger partial charge in [-0.1, -0.05) is 40.9 Å². The van der Waals surface area contributed by atoms with Gasteiger partial charge in [0, 0.05) is 17.6 Å². The molecule has 0 unspecified atom stereocenters. The van der Waals surface area contributed by atoms with Crippen LogP contribution in [0.1, 0.15) is 30.1 Å². The second kappa shape index (κ2) is 7.77. The number of aliphatic hydroxyl groups excluding tert-OH is 1. The average Bonchev–Trinajstić information content (AvgIpc) is 2.33. The monoisotopic (exact) mass is 333 g/mol. The van der Waals surface area contributed by atoms with Crippen molar-refractivity contribution in [2.24, 2.45) is 0 Å². The molecule has 1 N–H and O–H groups in total. The third-order valence-electron chi connectivity index (χ3n) is 2.60. The Bertz CT molecular complexity index is 412. The van der Waals surface area contributed by atoms with Crippen LogP contribution in [0.15, 0.2) is 22.7 Å². The largest absolute Gasteiger partial charge is 0.395 e. The van der Waals surface area contributed by atoms with Gasteiger partial charge in [-0.3, -0.25) is 4.79 Å². The molecule has 0 bridgehead atoms. The summed E-state index contributed by atoms with van der Waals surface area (Å²) in [6.45, 7) is 3.01. The molecule has 5 heteroatoms. The van der Waals surface area contributed by atoms with E-state index in [2.05, 4.69) is 22.9 Å². The summed E-state index contributed by atoms with van der Waals surface area (Å²) in [7, 11) is 0. The van der Waals surface area contributed by atoms with Crippen LogP contribution in [0, 0.1) is 0 Å². The Morgan fingerprint density at radius 2 is 2.17 bits per heavy atom. The van der Waals surface area contributed by atoms with E-state index in [-0.39, 0.29) is 12.5 Å². The summed E-state index contributed by atoms with van der Waals surface area (Å²) in [5, 5.41) is 9.44. The van der Waals surface area contributed by atoms with Gasteiger partial charge in [0.2, 0.25) is 0 Å². The fourth-order valence-corrected chi connectivity index (χ4v) is 2.37. The van der Waals surface area contributed by atoms with Crippen LogP contribution in [0.4, 0.5) is 0 Å². The fraction of sp³-hybridized carbons (Fsp3) is 0.462. The lowest BCUT2D eigenvalue weighted by Gasteiger charge is -2.22. The number of benzene rings is 1. The maximum absolute atomic E-state index is 12.3. The van der Waals surface area contributed by atoms with Gasteiger partial charge in [-0.25, -0.2) is 0 Å². The lowest BCUT2D eigenvalue weighted by atomic mass is 10.2. The van der Waals surface area contributed by atoms with E-state index in [1.165, 1.54) is 0 Å². The van der Waals surface area contributed by atoms with Crippen molar-refractivity contribution in [1.82, 2.24) is 4.90 Å². The first-order valence-electron chi connectivity index (χ1n) is 5.95. The number of carbonyl (C=O) groups is 1. The molecule has 1 rings (SSSR count). The van der Waals surface area contributed by atoms with Crippen LogP contribution in [-0.4, -0.2) is 35.6 Å². The Labute approximate surface area is 121 Å². The number of amides is 1. The zero-order valence-electron chi connectivity index (χ0n) is 10.3. The van der Waals surface area contributed by atoms with Crippen molar-refractivity contribution < 1.29 is 9.90 Å². The molecule has 0 fully saturated rings. The number of nitrogens with zero attached hydrogens (tertiary/aromatic N) is 1. The minimum atomic E-state index is -0.130. The summed E-state index contributed by atoms with van der Waals surface area (Å²) < 4.78 is 0.839. The summed E-state index contributed by atoms with van der Waals surface area (Å²) in [4.78, 5) is 13.9. The molecule has 0 aliphatic carbocycles. The summed E-state index contributed by atoms with van der Waals surface area (Å²) in [5.41, 5.74) is 0.476. The van der Waals surface area contributed by atoms with Crippen molar-refractivity contribution in [3.05, 3.63) is 33.3 Å². The number of hydrogen-bond donors (Lipinski definition) is 1. The van der Waals surface area contributed by atoms with E-state index in [9.17, 15) is 4.79 Å². The lowest BCUT2D eigenvalue weighted by Crippen LogP contribution is -2.34. The van der Waals surface area contributed by atoms with Crippen LogP contribution >= 0.6 is 27.5 Å². The number of unbranched alkanes of at least 4 members (excludes halogenated alkanes) is 1. The number of carbonyl (C=O) groups excluding carboxylic acids is 1. The SMILES string of the molecule is CCCCN(CCO)C(=O)c1ccc(Br)cc1Cl. The van der Waals surface area contributed by atoms with Gasteiger partial charge in [-0.2, -0.15) is 0 Å². The van der Waals surface area contributed by atoms with Gasteiger partial charge in [-0.05, 0) is 24.6 Å². The molecule has 0 saturated heterocycles. The van der Waals surface area contributed by atoms with E-state index in [1.807, 2.05) is 0 Å². The second-order valence-corrected chi connectivity index (χ2v) is 5.32. The normalized spacial score (nSPS) is 10.4. The molecule has 0 heterocycles. The van der Waals surface area contributed by atoms with Gasteiger partial charge < -0.3 is 10.0 Å². The van der Waals surface area contributed by atoms with E-state index < -0.39 is 0 Å². The number of halogens is 2. The molecule has 1 amide bonds. The molecule has 3 nitrogen and oxygen atoms in total. The number of hydrogen-bond acceptors (Lipinski definition) is 2. The van der Waals surface area contributed by atoms with Crippen LogP contribution in [0.2, 0.25) is 5.02 Å². The lowest BCUT2D eigenvalue weighted by molar-refractivity contribution is 0.0719. The van der Waals surface area contributed by atoms with Crippen LogP contribution in [0.5, 0.6) is 0 Å². The quantitative estimate of drug-likeness (QED) is 0.867. The Morgan fingerprint density at radius 3 is 2.72 bits per heavy atom. The Hall–Kier alpha value is -0.580. The third kappa shape index (κ3) is 4.26. The van der Waals surface area contributed by atoms with Gasteiger partial charge in [0.05, 0.1) is 17.2 Å². The van der Waals surface area contributed by atoms with Crippen molar-refractivity contribution in [3.63, 3.8) is 0 Å². The zero-order valence-corrected chi connectivity index (χ0v) is 12.7. The van der Waals surface area contributed by atoms with Gasteiger partial charge in [0.15, 0.2) is 0 Å². The van der Waals surface area contributed by atoms with E-state index in [0.29, 0.717) is 23.7 Å². The predicted molar refractivity (Wildman–Crippen MR) is 77.0 cm³/mol. The minimum absolute atomic E-state index is 0.0381. The molecule has 100 valence electrons. The highest BCUT2D eigenvalue weighted by Crippen LogP contribution is 2.22. The molecule has 0 aliphatic heterocycles. The summed E-state index contributed by atoms with van der Waals surface area (Å²) >= 11 is 9.37. The summed E-state index contributed by atoms with van der Waals surface area (Å²) in [6, 6.07) is 5.19. The van der Waals surface area contributed by atoms with Gasteiger partial charge >= 0.3 is 0 Å². The second-order valence-electron chi connectivity index (χ2n) is 3.99. The van der Waals surface area contributed by atoms with E-state index in [1.54, 1.807) is 23.1 Å². The minimum Gasteiger partial charge on any atom is -0.395 e. The maximum Gasteiger partial charge on any atom is 0.255 e. The molecule has 0 radical (unpaired) electrons. The summed E-state index contributed by atoms with van der Waals surface area (Å²) in [5.74, 6) is -0.130. The van der Waals surface area contributed by atoms with Gasteiger partial charge in [0.25, 0.3) is 5.91 Å². The maximum atomic E-state index is 12.3. The fourth-order valence-electron chi connectivity index (χ4n) is 1.62. The van der Waals surface area contributed by atoms with Crippen molar-refractivity contribution >= 4 is 33.4 Å². The highest BCUT2D eigenvalue weighted by molar-refractivity contribution is 9.10. The Morgan fingerprint density at radius 1 is 1.44 bits per heavy atom. The molecule has 0 saturated carbocycles. The van der Waals surface area contributed by atoms with E-state index in [4.69, 9.17) is 16.7 Å². The molecular formula is C13H17BrClNO2. The van der Waals surface area contributed by atoms with E-state index >= 15 is 0 Å². The topological polar surface area (TPSA) is 40.5 Å². The van der Waals surface area contributed by atoms with Gasteiger partial charge in [-0.15, -0.1) is 0 Å². The molecule has 0 spiro atoms. The van der Waals surface area contributed by atoms with Crippen molar-refractivity contribution in [3.8, 4) is 0 Å². The van der Waals surface area contributed by atoms with Crippen LogP contribution in [0.25, 0.3) is 0 Å². The molecule has 18 heavy (non-hydrogen) atoms. The third-order valence-corrected chi connectivity index (χ3v) is 3.41. The van der Waals surface area contributed by atoms with E-state index in [0.717, 1.165) is 17.3 Å². The van der Waals surface area contributed by atoms with Crippen LogP contribution in [-0.2, 0) is 0 Å².